The van der Waals surface area contributed by atoms with E-state index >= 15 is 0 Å². The number of hydrogen-bond acceptors (Lipinski definition) is 4. The summed E-state index contributed by atoms with van der Waals surface area (Å²) in [5.74, 6) is -0.951. The monoisotopic (exact) mass is 315 g/mol. The number of nitrogens with zero attached hydrogens (tertiary/aromatic N) is 2. The SMILES string of the molecule is NC1(c2noc(-c3cc(C(F)(F)F)ccc3F)n2)CCCC1. The molecule has 1 aromatic carbocycles. The van der Waals surface area contributed by atoms with E-state index in [0.29, 0.717) is 25.0 Å². The van der Waals surface area contributed by atoms with Crippen molar-refractivity contribution in [3.8, 4) is 11.5 Å². The van der Waals surface area contributed by atoms with Crippen molar-refractivity contribution in [1.29, 1.82) is 0 Å². The maximum atomic E-state index is 13.8. The number of aromatic nitrogens is 2. The van der Waals surface area contributed by atoms with Crippen molar-refractivity contribution in [3.63, 3.8) is 0 Å². The molecule has 0 radical (unpaired) electrons. The molecule has 1 saturated carbocycles. The Morgan fingerprint density at radius 3 is 2.50 bits per heavy atom. The first-order valence-corrected chi connectivity index (χ1v) is 6.80. The van der Waals surface area contributed by atoms with E-state index in [1.807, 2.05) is 0 Å². The standard InChI is InChI=1S/C14H13F4N3O/c15-10-4-3-8(14(16,17)18)7-9(10)11-20-12(21-22-11)13(19)5-1-2-6-13/h3-4,7H,1-2,5-6,19H2. The van der Waals surface area contributed by atoms with Crippen LogP contribution in [0.25, 0.3) is 11.5 Å². The summed E-state index contributed by atoms with van der Waals surface area (Å²) in [4.78, 5) is 4.01. The van der Waals surface area contributed by atoms with Gasteiger partial charge in [0, 0.05) is 0 Å². The molecule has 8 heteroatoms. The maximum Gasteiger partial charge on any atom is 0.416 e. The van der Waals surface area contributed by atoms with E-state index in [0.717, 1.165) is 18.9 Å². The molecule has 4 nitrogen and oxygen atoms in total. The lowest BCUT2D eigenvalue weighted by atomic mass is 9.98. The van der Waals surface area contributed by atoms with E-state index in [4.69, 9.17) is 10.3 Å². The van der Waals surface area contributed by atoms with Crippen LogP contribution in [0.5, 0.6) is 0 Å². The number of alkyl halides is 3. The zero-order valence-corrected chi connectivity index (χ0v) is 11.5. The van der Waals surface area contributed by atoms with E-state index in [9.17, 15) is 17.6 Å². The summed E-state index contributed by atoms with van der Waals surface area (Å²) in [7, 11) is 0. The minimum atomic E-state index is -4.58. The summed E-state index contributed by atoms with van der Waals surface area (Å²) in [6.45, 7) is 0. The average Bonchev–Trinajstić information content (AvgIpc) is 3.07. The van der Waals surface area contributed by atoms with Crippen LogP contribution in [0.2, 0.25) is 0 Å². The lowest BCUT2D eigenvalue weighted by molar-refractivity contribution is -0.137. The van der Waals surface area contributed by atoms with Gasteiger partial charge in [0.2, 0.25) is 0 Å². The van der Waals surface area contributed by atoms with Gasteiger partial charge in [0.25, 0.3) is 5.89 Å². The van der Waals surface area contributed by atoms with Crippen molar-refractivity contribution in [2.45, 2.75) is 37.4 Å². The summed E-state index contributed by atoms with van der Waals surface area (Å²) in [5, 5.41) is 3.72. The molecule has 0 amide bonds. The maximum absolute atomic E-state index is 13.8. The van der Waals surface area contributed by atoms with Crippen LogP contribution in [-0.2, 0) is 11.7 Å². The summed E-state index contributed by atoms with van der Waals surface area (Å²) in [6, 6.07) is 2.05. The molecular formula is C14H13F4N3O. The Balaban J connectivity index is 2.00. The number of benzene rings is 1. The van der Waals surface area contributed by atoms with Gasteiger partial charge in [-0.2, -0.15) is 18.2 Å². The Hall–Kier alpha value is -1.96. The molecule has 0 atom stereocenters. The van der Waals surface area contributed by atoms with Gasteiger partial charge in [-0.15, -0.1) is 0 Å². The highest BCUT2D eigenvalue weighted by molar-refractivity contribution is 5.55. The Kier molecular flexibility index (Phi) is 3.43. The number of hydrogen-bond donors (Lipinski definition) is 1. The lowest BCUT2D eigenvalue weighted by Crippen LogP contribution is -2.34. The smallest absolute Gasteiger partial charge is 0.334 e. The van der Waals surface area contributed by atoms with E-state index in [2.05, 4.69) is 10.1 Å². The Morgan fingerprint density at radius 1 is 1.18 bits per heavy atom. The Labute approximate surface area is 123 Å². The number of nitrogens with two attached hydrogens (primary N) is 1. The first-order chi connectivity index (χ1) is 10.3. The Bertz CT molecular complexity index is 690. The molecule has 0 bridgehead atoms. The van der Waals surface area contributed by atoms with Gasteiger partial charge in [0.05, 0.1) is 16.7 Å². The third kappa shape index (κ3) is 2.58. The van der Waals surface area contributed by atoms with Gasteiger partial charge in [0.15, 0.2) is 5.82 Å². The van der Waals surface area contributed by atoms with Crippen LogP contribution in [-0.4, -0.2) is 10.1 Å². The molecular weight excluding hydrogens is 302 g/mol. The van der Waals surface area contributed by atoms with Crippen LogP contribution in [0, 0.1) is 5.82 Å². The lowest BCUT2D eigenvalue weighted by Gasteiger charge is -2.17. The third-order valence-corrected chi connectivity index (χ3v) is 3.89. The van der Waals surface area contributed by atoms with Crippen molar-refractivity contribution in [2.75, 3.05) is 0 Å². The van der Waals surface area contributed by atoms with Gasteiger partial charge in [0.1, 0.15) is 5.82 Å². The molecule has 0 spiro atoms. The van der Waals surface area contributed by atoms with Crippen molar-refractivity contribution < 1.29 is 22.1 Å². The van der Waals surface area contributed by atoms with Crippen LogP contribution in [0.3, 0.4) is 0 Å². The fourth-order valence-corrected chi connectivity index (χ4v) is 2.63. The van der Waals surface area contributed by atoms with Crippen molar-refractivity contribution in [3.05, 3.63) is 35.4 Å². The van der Waals surface area contributed by atoms with Crippen LogP contribution in [0.1, 0.15) is 37.1 Å². The summed E-state index contributed by atoms with van der Waals surface area (Å²) < 4.78 is 56.9. The number of halogens is 4. The van der Waals surface area contributed by atoms with E-state index < -0.39 is 23.1 Å². The second-order valence-corrected chi connectivity index (χ2v) is 5.48. The minimum Gasteiger partial charge on any atom is -0.334 e. The van der Waals surface area contributed by atoms with Gasteiger partial charge < -0.3 is 10.3 Å². The highest BCUT2D eigenvalue weighted by Crippen LogP contribution is 2.37. The largest absolute Gasteiger partial charge is 0.416 e. The van der Waals surface area contributed by atoms with E-state index in [-0.39, 0.29) is 17.3 Å². The number of rotatable bonds is 2. The average molecular weight is 315 g/mol. The van der Waals surface area contributed by atoms with Crippen molar-refractivity contribution in [2.24, 2.45) is 5.73 Å². The second-order valence-electron chi connectivity index (χ2n) is 5.48. The molecule has 118 valence electrons. The van der Waals surface area contributed by atoms with Crippen LogP contribution < -0.4 is 5.73 Å². The van der Waals surface area contributed by atoms with Crippen molar-refractivity contribution in [1.82, 2.24) is 10.1 Å². The van der Waals surface area contributed by atoms with Crippen LogP contribution in [0.15, 0.2) is 22.7 Å². The zero-order chi connectivity index (χ0) is 16.0. The van der Waals surface area contributed by atoms with E-state index in [1.54, 1.807) is 0 Å². The summed E-state index contributed by atoms with van der Waals surface area (Å²) >= 11 is 0. The highest BCUT2D eigenvalue weighted by atomic mass is 19.4. The van der Waals surface area contributed by atoms with Crippen LogP contribution >= 0.6 is 0 Å². The van der Waals surface area contributed by atoms with Gasteiger partial charge in [-0.3, -0.25) is 0 Å². The molecule has 2 N–H and O–H groups in total. The normalized spacial score (nSPS) is 17.9. The predicted molar refractivity (Wildman–Crippen MR) is 69.0 cm³/mol. The molecule has 1 heterocycles. The fraction of sp³-hybridized carbons (Fsp3) is 0.429. The summed E-state index contributed by atoms with van der Waals surface area (Å²) in [5.41, 5.74) is 4.04. The molecule has 1 fully saturated rings. The summed E-state index contributed by atoms with van der Waals surface area (Å²) in [6.07, 6.45) is -1.42. The molecule has 1 aromatic heterocycles. The fourth-order valence-electron chi connectivity index (χ4n) is 2.63. The zero-order valence-electron chi connectivity index (χ0n) is 11.5. The Morgan fingerprint density at radius 2 is 1.86 bits per heavy atom. The first kappa shape index (κ1) is 15.0. The van der Waals surface area contributed by atoms with Gasteiger partial charge in [-0.25, -0.2) is 4.39 Å². The molecule has 0 unspecified atom stereocenters. The molecule has 3 rings (SSSR count). The van der Waals surface area contributed by atoms with E-state index in [1.165, 1.54) is 0 Å². The van der Waals surface area contributed by atoms with Crippen LogP contribution in [0.4, 0.5) is 17.6 Å². The highest BCUT2D eigenvalue weighted by Gasteiger charge is 2.37. The second kappa shape index (κ2) is 5.05. The first-order valence-electron chi connectivity index (χ1n) is 6.80. The van der Waals surface area contributed by atoms with Gasteiger partial charge >= 0.3 is 6.18 Å². The van der Waals surface area contributed by atoms with Gasteiger partial charge in [-0.1, -0.05) is 18.0 Å². The molecule has 0 aliphatic heterocycles. The third-order valence-electron chi connectivity index (χ3n) is 3.89. The van der Waals surface area contributed by atoms with Gasteiger partial charge in [-0.05, 0) is 31.0 Å². The molecule has 22 heavy (non-hydrogen) atoms. The molecule has 2 aromatic rings. The minimum absolute atomic E-state index is 0.205. The molecule has 1 aliphatic carbocycles. The quantitative estimate of drug-likeness (QED) is 0.860. The topological polar surface area (TPSA) is 64.9 Å². The molecule has 0 saturated heterocycles. The predicted octanol–water partition coefficient (Wildman–Crippen LogP) is 3.62. The van der Waals surface area contributed by atoms with Crippen molar-refractivity contribution >= 4 is 0 Å². The molecule has 1 aliphatic rings.